The average molecular weight is 250 g/mol. The third-order valence-electron chi connectivity index (χ3n) is 3.36. The minimum absolute atomic E-state index is 0.329. The average Bonchev–Trinajstić information content (AvgIpc) is 2.37. The van der Waals surface area contributed by atoms with E-state index in [1.165, 1.54) is 30.4 Å². The molecular formula is C16H26O2. The first-order chi connectivity index (χ1) is 8.75. The molecule has 0 amide bonds. The van der Waals surface area contributed by atoms with E-state index < -0.39 is 0 Å². The number of benzene rings is 1. The SMILES string of the molecule is Cc1cccc(OCCCCCCCCO)c1C. The molecule has 0 spiro atoms. The van der Waals surface area contributed by atoms with Gasteiger partial charge < -0.3 is 9.84 Å². The van der Waals surface area contributed by atoms with E-state index in [4.69, 9.17) is 9.84 Å². The van der Waals surface area contributed by atoms with Gasteiger partial charge in [0, 0.05) is 6.61 Å². The Morgan fingerprint density at radius 1 is 0.944 bits per heavy atom. The lowest BCUT2D eigenvalue weighted by Gasteiger charge is -2.10. The van der Waals surface area contributed by atoms with Crippen molar-refractivity contribution in [1.82, 2.24) is 0 Å². The normalized spacial score (nSPS) is 10.6. The standard InChI is InChI=1S/C16H26O2/c1-14-10-9-11-16(15(14)2)18-13-8-6-4-3-5-7-12-17/h9-11,17H,3-8,12-13H2,1-2H3. The third kappa shape index (κ3) is 5.54. The zero-order chi connectivity index (χ0) is 13.2. The maximum absolute atomic E-state index is 8.66. The molecule has 0 aliphatic carbocycles. The van der Waals surface area contributed by atoms with E-state index in [1.807, 2.05) is 12.1 Å². The first-order valence-corrected chi connectivity index (χ1v) is 7.05. The smallest absolute Gasteiger partial charge is 0.122 e. The maximum atomic E-state index is 8.66. The molecule has 0 saturated heterocycles. The molecule has 0 saturated carbocycles. The van der Waals surface area contributed by atoms with Crippen molar-refractivity contribution in [2.45, 2.75) is 52.4 Å². The Labute approximate surface area is 111 Å². The Balaban J connectivity index is 2.09. The van der Waals surface area contributed by atoms with Crippen LogP contribution in [0.1, 0.15) is 49.7 Å². The van der Waals surface area contributed by atoms with Crippen molar-refractivity contribution in [3.05, 3.63) is 29.3 Å². The quantitative estimate of drug-likeness (QED) is 0.671. The number of unbranched alkanes of at least 4 members (excludes halogenated alkanes) is 5. The van der Waals surface area contributed by atoms with Crippen LogP contribution in [-0.4, -0.2) is 18.3 Å². The van der Waals surface area contributed by atoms with Crippen LogP contribution in [0.4, 0.5) is 0 Å². The number of rotatable bonds is 9. The fraction of sp³-hybridized carbons (Fsp3) is 0.625. The van der Waals surface area contributed by atoms with Crippen molar-refractivity contribution in [2.24, 2.45) is 0 Å². The lowest BCUT2D eigenvalue weighted by atomic mass is 10.1. The monoisotopic (exact) mass is 250 g/mol. The van der Waals surface area contributed by atoms with Crippen molar-refractivity contribution in [3.63, 3.8) is 0 Å². The van der Waals surface area contributed by atoms with Gasteiger partial charge in [-0.1, -0.05) is 37.8 Å². The van der Waals surface area contributed by atoms with Gasteiger partial charge in [-0.05, 0) is 43.9 Å². The van der Waals surface area contributed by atoms with Gasteiger partial charge in [0.05, 0.1) is 6.61 Å². The second-order valence-corrected chi connectivity index (χ2v) is 4.89. The molecule has 0 aliphatic rings. The van der Waals surface area contributed by atoms with Crippen LogP contribution in [0.5, 0.6) is 5.75 Å². The van der Waals surface area contributed by atoms with Crippen LogP contribution in [0.25, 0.3) is 0 Å². The van der Waals surface area contributed by atoms with Gasteiger partial charge in [0.15, 0.2) is 0 Å². The Morgan fingerprint density at radius 2 is 1.61 bits per heavy atom. The summed E-state index contributed by atoms with van der Waals surface area (Å²) in [6, 6.07) is 6.21. The molecule has 2 nitrogen and oxygen atoms in total. The highest BCUT2D eigenvalue weighted by molar-refractivity contribution is 5.38. The van der Waals surface area contributed by atoms with Gasteiger partial charge >= 0.3 is 0 Å². The van der Waals surface area contributed by atoms with Crippen LogP contribution < -0.4 is 4.74 Å². The van der Waals surface area contributed by atoms with Crippen LogP contribution in [-0.2, 0) is 0 Å². The Morgan fingerprint density at radius 3 is 2.33 bits per heavy atom. The van der Waals surface area contributed by atoms with E-state index in [9.17, 15) is 0 Å². The summed E-state index contributed by atoms with van der Waals surface area (Å²) >= 11 is 0. The summed E-state index contributed by atoms with van der Waals surface area (Å²) in [5.41, 5.74) is 2.54. The molecule has 18 heavy (non-hydrogen) atoms. The Kier molecular flexibility index (Phi) is 7.51. The number of aliphatic hydroxyl groups is 1. The second kappa shape index (κ2) is 8.98. The summed E-state index contributed by atoms with van der Waals surface area (Å²) in [5.74, 6) is 1.02. The van der Waals surface area contributed by atoms with Gasteiger partial charge in [-0.15, -0.1) is 0 Å². The molecule has 0 heterocycles. The molecule has 0 radical (unpaired) electrons. The highest BCUT2D eigenvalue weighted by Gasteiger charge is 2.00. The summed E-state index contributed by atoms with van der Waals surface area (Å²) in [6.07, 6.45) is 6.90. The zero-order valence-electron chi connectivity index (χ0n) is 11.7. The van der Waals surface area contributed by atoms with Gasteiger partial charge in [-0.2, -0.15) is 0 Å². The van der Waals surface area contributed by atoms with E-state index in [0.29, 0.717) is 6.61 Å². The number of aliphatic hydroxyl groups excluding tert-OH is 1. The van der Waals surface area contributed by atoms with Crippen LogP contribution in [0.2, 0.25) is 0 Å². The van der Waals surface area contributed by atoms with Gasteiger partial charge in [0.1, 0.15) is 5.75 Å². The van der Waals surface area contributed by atoms with E-state index in [1.54, 1.807) is 0 Å². The molecule has 0 atom stereocenters. The fourth-order valence-corrected chi connectivity index (χ4v) is 1.98. The molecule has 1 aromatic carbocycles. The minimum atomic E-state index is 0.329. The predicted octanol–water partition coefficient (Wildman–Crippen LogP) is 4.02. The Bertz CT molecular complexity index is 334. The molecule has 1 N–H and O–H groups in total. The summed E-state index contributed by atoms with van der Waals surface area (Å²) < 4.78 is 5.81. The number of hydrogen-bond donors (Lipinski definition) is 1. The largest absolute Gasteiger partial charge is 0.493 e. The zero-order valence-corrected chi connectivity index (χ0v) is 11.7. The predicted molar refractivity (Wildman–Crippen MR) is 76.2 cm³/mol. The van der Waals surface area contributed by atoms with Crippen molar-refractivity contribution in [2.75, 3.05) is 13.2 Å². The van der Waals surface area contributed by atoms with Crippen molar-refractivity contribution < 1.29 is 9.84 Å². The third-order valence-corrected chi connectivity index (χ3v) is 3.36. The topological polar surface area (TPSA) is 29.5 Å². The maximum Gasteiger partial charge on any atom is 0.122 e. The van der Waals surface area contributed by atoms with Crippen molar-refractivity contribution >= 4 is 0 Å². The number of hydrogen-bond acceptors (Lipinski definition) is 2. The number of ether oxygens (including phenoxy) is 1. The molecule has 1 rings (SSSR count). The van der Waals surface area contributed by atoms with E-state index in [-0.39, 0.29) is 0 Å². The summed E-state index contributed by atoms with van der Waals surface area (Å²) in [4.78, 5) is 0. The van der Waals surface area contributed by atoms with Gasteiger partial charge in [-0.25, -0.2) is 0 Å². The van der Waals surface area contributed by atoms with Crippen molar-refractivity contribution in [3.8, 4) is 5.75 Å². The summed E-state index contributed by atoms with van der Waals surface area (Å²) in [7, 11) is 0. The highest BCUT2D eigenvalue weighted by atomic mass is 16.5. The summed E-state index contributed by atoms with van der Waals surface area (Å²) in [6.45, 7) is 5.36. The first-order valence-electron chi connectivity index (χ1n) is 7.05. The molecule has 2 heteroatoms. The lowest BCUT2D eigenvalue weighted by Crippen LogP contribution is -1.99. The molecule has 102 valence electrons. The molecule has 0 unspecified atom stereocenters. The second-order valence-electron chi connectivity index (χ2n) is 4.89. The van der Waals surface area contributed by atoms with Gasteiger partial charge in [0.2, 0.25) is 0 Å². The molecule has 0 fully saturated rings. The molecule has 0 aliphatic heterocycles. The first kappa shape index (κ1) is 15.0. The summed E-state index contributed by atoms with van der Waals surface area (Å²) in [5, 5.41) is 8.66. The molecular weight excluding hydrogens is 224 g/mol. The number of aryl methyl sites for hydroxylation is 1. The van der Waals surface area contributed by atoms with Crippen LogP contribution in [0.15, 0.2) is 18.2 Å². The van der Waals surface area contributed by atoms with Crippen LogP contribution in [0, 0.1) is 13.8 Å². The highest BCUT2D eigenvalue weighted by Crippen LogP contribution is 2.20. The Hall–Kier alpha value is -1.02. The molecule has 0 aromatic heterocycles. The van der Waals surface area contributed by atoms with E-state index >= 15 is 0 Å². The van der Waals surface area contributed by atoms with Gasteiger partial charge in [0.25, 0.3) is 0 Å². The minimum Gasteiger partial charge on any atom is -0.493 e. The lowest BCUT2D eigenvalue weighted by molar-refractivity contribution is 0.280. The molecule has 0 bridgehead atoms. The molecule has 1 aromatic rings. The van der Waals surface area contributed by atoms with E-state index in [2.05, 4.69) is 19.9 Å². The van der Waals surface area contributed by atoms with Gasteiger partial charge in [-0.3, -0.25) is 0 Å². The van der Waals surface area contributed by atoms with E-state index in [0.717, 1.165) is 31.6 Å². The fourth-order valence-electron chi connectivity index (χ4n) is 1.98. The van der Waals surface area contributed by atoms with Crippen LogP contribution in [0.3, 0.4) is 0 Å². The van der Waals surface area contributed by atoms with Crippen LogP contribution >= 0.6 is 0 Å². The van der Waals surface area contributed by atoms with Crippen molar-refractivity contribution in [1.29, 1.82) is 0 Å².